The van der Waals surface area contributed by atoms with E-state index in [1.54, 1.807) is 0 Å². The van der Waals surface area contributed by atoms with E-state index in [9.17, 15) is 0 Å². The van der Waals surface area contributed by atoms with Crippen molar-refractivity contribution in [3.05, 3.63) is 255 Å². The molecule has 342 valence electrons. The van der Waals surface area contributed by atoms with Gasteiger partial charge in [-0.15, -0.1) is 0 Å². The largest absolute Gasteiger partial charge is 0.455 e. The van der Waals surface area contributed by atoms with Crippen molar-refractivity contribution in [3.8, 4) is 55.6 Å². The van der Waals surface area contributed by atoms with Crippen LogP contribution in [0.2, 0.25) is 0 Å². The van der Waals surface area contributed by atoms with Gasteiger partial charge in [-0.1, -0.05) is 231 Å². The summed E-state index contributed by atoms with van der Waals surface area (Å²) in [5.74, 6) is 0. The molecule has 0 bridgehead atoms. The molecule has 74 heavy (non-hydrogen) atoms. The van der Waals surface area contributed by atoms with Crippen molar-refractivity contribution in [2.45, 2.75) is 0 Å². The van der Waals surface area contributed by atoms with E-state index in [0.717, 1.165) is 76.9 Å². The quantitative estimate of drug-likeness (QED) is 0.161. The fourth-order valence-corrected chi connectivity index (χ4v) is 12.7. The van der Waals surface area contributed by atoms with Crippen molar-refractivity contribution in [1.82, 2.24) is 0 Å². The molecule has 2 heteroatoms. The SMILES string of the molecule is c1ccc(-c2c3ccccc3c(-c3c4ccc(-c5cc6oc7c(-c8c9ccccc9c(-c9ccccc9)c9ccccc89)cccc7c6c6ccccc56)cc4cc4c3oc3ccccc34)c3ccccc23)cc1. The van der Waals surface area contributed by atoms with Crippen LogP contribution in [0.1, 0.15) is 0 Å². The fraction of sp³-hybridized carbons (Fsp3) is 0. The Labute approximate surface area is 425 Å². The van der Waals surface area contributed by atoms with Crippen LogP contribution in [-0.4, -0.2) is 0 Å². The highest BCUT2D eigenvalue weighted by molar-refractivity contribution is 6.30. The number of benzene rings is 14. The Balaban J connectivity index is 0.954. The van der Waals surface area contributed by atoms with E-state index in [0.29, 0.717) is 0 Å². The van der Waals surface area contributed by atoms with E-state index in [2.05, 4.69) is 255 Å². The molecule has 0 atom stereocenters. The van der Waals surface area contributed by atoms with Gasteiger partial charge in [-0.05, 0) is 122 Å². The first kappa shape index (κ1) is 40.9. The molecule has 2 nitrogen and oxygen atoms in total. The molecule has 0 N–H and O–H groups in total. The van der Waals surface area contributed by atoms with Gasteiger partial charge < -0.3 is 8.83 Å². The molecule has 0 aliphatic carbocycles. The molecule has 16 aromatic rings. The first-order valence-corrected chi connectivity index (χ1v) is 25.5. The van der Waals surface area contributed by atoms with Crippen LogP contribution in [0.25, 0.3) is 164 Å². The van der Waals surface area contributed by atoms with Crippen molar-refractivity contribution < 1.29 is 8.83 Å². The maximum Gasteiger partial charge on any atom is 0.143 e. The molecule has 0 unspecified atom stereocenters. The lowest BCUT2D eigenvalue weighted by molar-refractivity contribution is 0.670. The van der Waals surface area contributed by atoms with Gasteiger partial charge in [0.05, 0.1) is 0 Å². The van der Waals surface area contributed by atoms with Crippen molar-refractivity contribution in [2.24, 2.45) is 0 Å². The summed E-state index contributed by atoms with van der Waals surface area (Å²) in [5, 5.41) is 18.7. The lowest BCUT2D eigenvalue weighted by atomic mass is 9.83. The summed E-state index contributed by atoms with van der Waals surface area (Å²) in [6.07, 6.45) is 0. The van der Waals surface area contributed by atoms with E-state index in [-0.39, 0.29) is 0 Å². The molecule has 0 fully saturated rings. The van der Waals surface area contributed by atoms with Crippen LogP contribution in [0, 0.1) is 0 Å². The second-order valence-electron chi connectivity index (χ2n) is 19.7. The second-order valence-corrected chi connectivity index (χ2v) is 19.7. The molecule has 0 aliphatic heterocycles. The number of para-hydroxylation sites is 2. The number of hydrogen-bond acceptors (Lipinski definition) is 2. The Morgan fingerprint density at radius 3 is 1.24 bits per heavy atom. The Morgan fingerprint density at radius 1 is 0.203 bits per heavy atom. The van der Waals surface area contributed by atoms with Crippen LogP contribution in [0.3, 0.4) is 0 Å². The van der Waals surface area contributed by atoms with Crippen molar-refractivity contribution in [3.63, 3.8) is 0 Å². The van der Waals surface area contributed by atoms with Crippen LogP contribution in [-0.2, 0) is 0 Å². The number of furan rings is 2. The Kier molecular flexibility index (Phi) is 8.78. The Morgan fingerprint density at radius 2 is 0.662 bits per heavy atom. The summed E-state index contributed by atoms with van der Waals surface area (Å²) >= 11 is 0. The molecule has 0 amide bonds. The molecule has 16 rings (SSSR count). The van der Waals surface area contributed by atoms with Crippen molar-refractivity contribution in [1.29, 1.82) is 0 Å². The van der Waals surface area contributed by atoms with Crippen LogP contribution in [0.15, 0.2) is 264 Å². The third-order valence-electron chi connectivity index (χ3n) is 15.8. The molecule has 0 spiro atoms. The summed E-state index contributed by atoms with van der Waals surface area (Å²) in [4.78, 5) is 0. The highest BCUT2D eigenvalue weighted by atomic mass is 16.3. The van der Waals surface area contributed by atoms with E-state index in [4.69, 9.17) is 8.83 Å². The Hall–Kier alpha value is -9.76. The molecule has 2 aromatic heterocycles. The molecular weight excluding hydrogens is 897 g/mol. The predicted molar refractivity (Wildman–Crippen MR) is 313 cm³/mol. The van der Waals surface area contributed by atoms with Gasteiger partial charge >= 0.3 is 0 Å². The standard InChI is InChI=1S/C72H42O2/c1-3-20-43(21-4-1)65-51-27-9-13-31-55(51)67(56-32-14-10-28-52(56)65)59-35-19-36-60-68-50-26-8-7-24-48(50)61(42-64(68)74-71(59)60)45-38-39-47-46(40-45)41-62-49-25-17-18-37-63(49)73-72(62)70(47)69-57-33-15-11-29-53(57)66(44-22-5-2-6-23-44)54-30-12-16-34-58(54)69/h1-42H. The van der Waals surface area contributed by atoms with E-state index < -0.39 is 0 Å². The van der Waals surface area contributed by atoms with Crippen LogP contribution < -0.4 is 0 Å². The normalized spacial score (nSPS) is 12.1. The highest BCUT2D eigenvalue weighted by Gasteiger charge is 2.25. The van der Waals surface area contributed by atoms with E-state index in [1.807, 2.05) is 0 Å². The van der Waals surface area contributed by atoms with E-state index >= 15 is 0 Å². The molecule has 14 aromatic carbocycles. The molecule has 0 radical (unpaired) electrons. The number of rotatable bonds is 5. The smallest absolute Gasteiger partial charge is 0.143 e. The van der Waals surface area contributed by atoms with Crippen LogP contribution in [0.5, 0.6) is 0 Å². The average molecular weight is 939 g/mol. The van der Waals surface area contributed by atoms with Gasteiger partial charge in [-0.3, -0.25) is 0 Å². The zero-order valence-corrected chi connectivity index (χ0v) is 40.1. The second kappa shape index (κ2) is 15.9. The van der Waals surface area contributed by atoms with Crippen molar-refractivity contribution >= 4 is 109 Å². The molecular formula is C72H42O2. The minimum Gasteiger partial charge on any atom is -0.455 e. The summed E-state index contributed by atoms with van der Waals surface area (Å²) in [6.45, 7) is 0. The molecule has 0 saturated heterocycles. The summed E-state index contributed by atoms with van der Waals surface area (Å²) < 4.78 is 14.3. The first-order valence-electron chi connectivity index (χ1n) is 25.5. The van der Waals surface area contributed by atoms with Gasteiger partial charge in [0.1, 0.15) is 22.3 Å². The fourth-order valence-electron chi connectivity index (χ4n) is 12.7. The zero-order chi connectivity index (χ0) is 48.4. The zero-order valence-electron chi connectivity index (χ0n) is 40.1. The molecule has 0 saturated carbocycles. The number of hydrogen-bond donors (Lipinski definition) is 0. The van der Waals surface area contributed by atoms with Crippen LogP contribution in [0.4, 0.5) is 0 Å². The average Bonchev–Trinajstić information content (AvgIpc) is 4.07. The third kappa shape index (κ3) is 5.88. The predicted octanol–water partition coefficient (Wildman–Crippen LogP) is 20.7. The summed E-state index contributed by atoms with van der Waals surface area (Å²) in [7, 11) is 0. The Bertz CT molecular complexity index is 4880. The minimum atomic E-state index is 0.865. The third-order valence-corrected chi connectivity index (χ3v) is 15.8. The van der Waals surface area contributed by atoms with Gasteiger partial charge in [0.25, 0.3) is 0 Å². The summed E-state index contributed by atoms with van der Waals surface area (Å²) in [5.41, 5.74) is 15.2. The number of fused-ring (bicyclic) bond motifs is 13. The van der Waals surface area contributed by atoms with Gasteiger partial charge in [0, 0.05) is 43.8 Å². The van der Waals surface area contributed by atoms with Gasteiger partial charge in [-0.25, -0.2) is 0 Å². The maximum atomic E-state index is 7.29. The van der Waals surface area contributed by atoms with Gasteiger partial charge in [-0.2, -0.15) is 0 Å². The summed E-state index contributed by atoms with van der Waals surface area (Å²) in [6, 6.07) is 92.7. The first-order chi connectivity index (χ1) is 36.7. The van der Waals surface area contributed by atoms with Crippen LogP contribution >= 0.6 is 0 Å². The topological polar surface area (TPSA) is 26.3 Å². The van der Waals surface area contributed by atoms with Gasteiger partial charge in [0.2, 0.25) is 0 Å². The molecule has 0 aliphatic rings. The lowest BCUT2D eigenvalue weighted by Crippen LogP contribution is -1.92. The lowest BCUT2D eigenvalue weighted by Gasteiger charge is -2.19. The molecule has 2 heterocycles. The van der Waals surface area contributed by atoms with Crippen molar-refractivity contribution in [2.75, 3.05) is 0 Å². The minimum absolute atomic E-state index is 0.865. The highest BCUT2D eigenvalue weighted by Crippen LogP contribution is 2.52. The monoisotopic (exact) mass is 938 g/mol. The van der Waals surface area contributed by atoms with Gasteiger partial charge in [0.15, 0.2) is 0 Å². The van der Waals surface area contributed by atoms with E-state index in [1.165, 1.54) is 87.2 Å². The maximum absolute atomic E-state index is 7.29.